The van der Waals surface area contributed by atoms with Gasteiger partial charge in [0.1, 0.15) is 17.5 Å². The Morgan fingerprint density at radius 3 is 2.50 bits per heavy atom. The lowest BCUT2D eigenvalue weighted by Crippen LogP contribution is -2.16. The number of fused-ring (bicyclic) bond motifs is 1. The van der Waals surface area contributed by atoms with Gasteiger partial charge in [-0.1, -0.05) is 6.07 Å². The lowest BCUT2D eigenvalue weighted by molar-refractivity contribution is 0.584. The first-order chi connectivity index (χ1) is 13.4. The molecule has 0 bridgehead atoms. The molecule has 28 heavy (non-hydrogen) atoms. The van der Waals surface area contributed by atoms with Gasteiger partial charge in [-0.05, 0) is 37.6 Å². The van der Waals surface area contributed by atoms with E-state index in [1.165, 1.54) is 12.1 Å². The van der Waals surface area contributed by atoms with Crippen LogP contribution in [0, 0.1) is 11.6 Å². The second-order valence-corrected chi connectivity index (χ2v) is 6.82. The van der Waals surface area contributed by atoms with Crippen molar-refractivity contribution in [3.8, 4) is 11.3 Å². The molecule has 4 aromatic rings. The van der Waals surface area contributed by atoms with Gasteiger partial charge in [0.15, 0.2) is 11.2 Å². The Morgan fingerprint density at radius 1 is 1.11 bits per heavy atom. The Labute approximate surface area is 158 Å². The van der Waals surface area contributed by atoms with Crippen molar-refractivity contribution in [3.05, 3.63) is 76.2 Å². The number of nitrogens with zero attached hydrogens (tertiary/aromatic N) is 4. The Hall–Kier alpha value is -3.42. The van der Waals surface area contributed by atoms with Crippen LogP contribution in [0.1, 0.15) is 31.3 Å². The van der Waals surface area contributed by atoms with E-state index in [0.717, 1.165) is 11.6 Å². The maximum absolute atomic E-state index is 13.4. The quantitative estimate of drug-likeness (QED) is 0.586. The monoisotopic (exact) mass is 381 g/mol. The van der Waals surface area contributed by atoms with Gasteiger partial charge in [-0.2, -0.15) is 0 Å². The summed E-state index contributed by atoms with van der Waals surface area (Å²) in [6, 6.07) is 6.82. The lowest BCUT2D eigenvalue weighted by atomic mass is 10.1. The fraction of sp³-hybridized carbons (Fsp3) is 0.200. The van der Waals surface area contributed by atoms with E-state index < -0.39 is 11.6 Å². The molecule has 3 heterocycles. The highest BCUT2D eigenvalue weighted by atomic mass is 19.1. The van der Waals surface area contributed by atoms with Crippen molar-refractivity contribution in [1.82, 2.24) is 24.5 Å². The predicted molar refractivity (Wildman–Crippen MR) is 101 cm³/mol. The van der Waals surface area contributed by atoms with E-state index in [-0.39, 0.29) is 11.6 Å². The van der Waals surface area contributed by atoms with Gasteiger partial charge < -0.3 is 9.55 Å². The van der Waals surface area contributed by atoms with Crippen LogP contribution in [0.15, 0.2) is 47.7 Å². The molecule has 6 nitrogen and oxygen atoms in total. The van der Waals surface area contributed by atoms with Crippen molar-refractivity contribution < 1.29 is 8.78 Å². The smallest absolute Gasteiger partial charge is 0.277 e. The number of nitrogens with one attached hydrogen (secondary N) is 1. The summed E-state index contributed by atoms with van der Waals surface area (Å²) < 4.78 is 28.5. The van der Waals surface area contributed by atoms with Crippen LogP contribution in [0.2, 0.25) is 0 Å². The summed E-state index contributed by atoms with van der Waals surface area (Å²) in [6.07, 6.45) is 3.55. The molecule has 0 aliphatic rings. The number of aromatic nitrogens is 5. The van der Waals surface area contributed by atoms with E-state index in [9.17, 15) is 13.6 Å². The fourth-order valence-electron chi connectivity index (χ4n) is 3.07. The summed E-state index contributed by atoms with van der Waals surface area (Å²) in [5, 5.41) is 0. The first kappa shape index (κ1) is 18.0. The number of H-pyrrole nitrogens is 1. The summed E-state index contributed by atoms with van der Waals surface area (Å²) in [5.74, 6) is -0.841. The van der Waals surface area contributed by atoms with E-state index in [1.54, 1.807) is 29.2 Å². The second-order valence-electron chi connectivity index (χ2n) is 6.82. The molecule has 0 aliphatic carbocycles. The topological polar surface area (TPSA) is 76.5 Å². The van der Waals surface area contributed by atoms with Crippen molar-refractivity contribution in [2.45, 2.75) is 26.3 Å². The predicted octanol–water partition coefficient (Wildman–Crippen LogP) is 3.63. The van der Waals surface area contributed by atoms with Gasteiger partial charge in [-0.25, -0.2) is 18.7 Å². The molecule has 142 valence electrons. The number of halogens is 2. The Bertz CT molecular complexity index is 1190. The van der Waals surface area contributed by atoms with Crippen molar-refractivity contribution >= 4 is 11.2 Å². The number of hydrogen-bond acceptors (Lipinski definition) is 4. The molecule has 0 amide bonds. The van der Waals surface area contributed by atoms with Crippen molar-refractivity contribution in [2.75, 3.05) is 0 Å². The molecule has 0 saturated heterocycles. The minimum atomic E-state index is -0.656. The lowest BCUT2D eigenvalue weighted by Gasteiger charge is -2.07. The van der Waals surface area contributed by atoms with Crippen LogP contribution in [0.25, 0.3) is 22.4 Å². The minimum absolute atomic E-state index is 0.100. The fourth-order valence-corrected chi connectivity index (χ4v) is 3.07. The van der Waals surface area contributed by atoms with Gasteiger partial charge in [-0.15, -0.1) is 0 Å². The summed E-state index contributed by atoms with van der Waals surface area (Å²) in [4.78, 5) is 28.1. The maximum atomic E-state index is 13.4. The highest BCUT2D eigenvalue weighted by Gasteiger charge is 2.13. The highest BCUT2D eigenvalue weighted by molar-refractivity contribution is 5.69. The average Bonchev–Trinajstić information content (AvgIpc) is 3.06. The number of pyridine rings is 1. The third-order valence-corrected chi connectivity index (χ3v) is 4.40. The molecule has 0 unspecified atom stereocenters. The number of rotatable bonds is 4. The molecule has 0 fully saturated rings. The van der Waals surface area contributed by atoms with Gasteiger partial charge in [0.25, 0.3) is 5.56 Å². The first-order valence-corrected chi connectivity index (χ1v) is 8.78. The molecular weight excluding hydrogens is 364 g/mol. The van der Waals surface area contributed by atoms with Crippen LogP contribution in [-0.4, -0.2) is 24.5 Å². The molecule has 3 aromatic heterocycles. The zero-order valence-corrected chi connectivity index (χ0v) is 15.3. The van der Waals surface area contributed by atoms with Crippen LogP contribution in [-0.2, 0) is 6.42 Å². The summed E-state index contributed by atoms with van der Waals surface area (Å²) in [6.45, 7) is 3.93. The summed E-state index contributed by atoms with van der Waals surface area (Å²) in [5.41, 5.74) is 2.20. The average molecular weight is 381 g/mol. The van der Waals surface area contributed by atoms with Crippen LogP contribution in [0.3, 0.4) is 0 Å². The standard InChI is InChI=1S/C20H17F2N5O/c1-11(2)27-10-24-19-18(27)20(28)26-17(25-19)5-12-3-4-16(23-9-12)13-6-14(21)8-15(22)7-13/h3-4,6-11H,5H2,1-2H3,(H,25,26,28). The van der Waals surface area contributed by atoms with Crippen molar-refractivity contribution in [2.24, 2.45) is 0 Å². The van der Waals surface area contributed by atoms with Gasteiger partial charge in [0.05, 0.1) is 12.0 Å². The summed E-state index contributed by atoms with van der Waals surface area (Å²) in [7, 11) is 0. The molecule has 0 radical (unpaired) electrons. The number of hydrogen-bond donors (Lipinski definition) is 1. The molecule has 1 N–H and O–H groups in total. The number of aromatic amines is 1. The molecule has 0 atom stereocenters. The third kappa shape index (κ3) is 3.40. The van der Waals surface area contributed by atoms with Gasteiger partial charge in [0, 0.05) is 30.3 Å². The molecule has 0 spiro atoms. The number of benzene rings is 1. The number of imidazole rings is 1. The maximum Gasteiger partial charge on any atom is 0.277 e. The van der Waals surface area contributed by atoms with E-state index in [2.05, 4.69) is 19.9 Å². The van der Waals surface area contributed by atoms with E-state index >= 15 is 0 Å². The zero-order chi connectivity index (χ0) is 19.8. The van der Waals surface area contributed by atoms with Crippen LogP contribution in [0.4, 0.5) is 8.78 Å². The van der Waals surface area contributed by atoms with Gasteiger partial charge >= 0.3 is 0 Å². The van der Waals surface area contributed by atoms with Gasteiger partial charge in [0.2, 0.25) is 0 Å². The Kier molecular flexibility index (Phi) is 4.46. The molecule has 8 heteroatoms. The minimum Gasteiger partial charge on any atom is -0.322 e. The third-order valence-electron chi connectivity index (χ3n) is 4.40. The molecular formula is C20H17F2N5O. The Balaban J connectivity index is 1.62. The van der Waals surface area contributed by atoms with Crippen molar-refractivity contribution in [1.29, 1.82) is 0 Å². The van der Waals surface area contributed by atoms with E-state index in [4.69, 9.17) is 0 Å². The SMILES string of the molecule is CC(C)n1cnc2nc(Cc3ccc(-c4cc(F)cc(F)c4)nc3)[nH]c(=O)c21. The van der Waals surface area contributed by atoms with Crippen LogP contribution in [0.5, 0.6) is 0 Å². The van der Waals surface area contributed by atoms with E-state index in [0.29, 0.717) is 34.7 Å². The molecule has 0 aliphatic heterocycles. The largest absolute Gasteiger partial charge is 0.322 e. The van der Waals surface area contributed by atoms with E-state index in [1.807, 2.05) is 13.8 Å². The highest BCUT2D eigenvalue weighted by Crippen LogP contribution is 2.20. The first-order valence-electron chi connectivity index (χ1n) is 8.78. The summed E-state index contributed by atoms with van der Waals surface area (Å²) >= 11 is 0. The van der Waals surface area contributed by atoms with Crippen LogP contribution >= 0.6 is 0 Å². The van der Waals surface area contributed by atoms with Crippen LogP contribution < -0.4 is 5.56 Å². The molecule has 4 rings (SSSR count). The molecule has 0 saturated carbocycles. The Morgan fingerprint density at radius 2 is 1.86 bits per heavy atom. The zero-order valence-electron chi connectivity index (χ0n) is 15.3. The normalized spacial score (nSPS) is 11.5. The molecule has 1 aromatic carbocycles. The second kappa shape index (κ2) is 6.95. The van der Waals surface area contributed by atoms with Crippen molar-refractivity contribution in [3.63, 3.8) is 0 Å². The van der Waals surface area contributed by atoms with Gasteiger partial charge in [-0.3, -0.25) is 9.78 Å².